The first-order valence-corrected chi connectivity index (χ1v) is 6.51. The summed E-state index contributed by atoms with van der Waals surface area (Å²) in [6, 6.07) is 2.11. The van der Waals surface area contributed by atoms with E-state index in [1.165, 1.54) is 11.9 Å². The van der Waals surface area contributed by atoms with Crippen molar-refractivity contribution in [1.82, 2.24) is 10.2 Å². The van der Waals surface area contributed by atoms with Gasteiger partial charge in [-0.1, -0.05) is 0 Å². The molecular formula is C14H16F2N2O2. The van der Waals surface area contributed by atoms with Crippen LogP contribution in [0.15, 0.2) is 18.2 Å². The van der Waals surface area contributed by atoms with Crippen molar-refractivity contribution in [2.75, 3.05) is 13.6 Å². The number of likely N-dealkylation sites (N-methyl/N-ethyl adjacent to an activating group) is 1. The molecule has 1 aliphatic rings. The molecule has 108 valence electrons. The summed E-state index contributed by atoms with van der Waals surface area (Å²) in [7, 11) is 1.50. The quantitative estimate of drug-likeness (QED) is 0.897. The second-order valence-electron chi connectivity index (χ2n) is 4.78. The molecule has 1 aromatic carbocycles. The number of piperidine rings is 1. The molecule has 20 heavy (non-hydrogen) atoms. The number of carbonyl (C=O) groups excluding carboxylic acids is 2. The van der Waals surface area contributed by atoms with E-state index in [0.29, 0.717) is 19.0 Å². The largest absolute Gasteiger partial charge is 0.357 e. The fraction of sp³-hybridized carbons (Fsp3) is 0.429. The third-order valence-electron chi connectivity index (χ3n) is 3.42. The molecule has 1 atom stereocenters. The van der Waals surface area contributed by atoms with Gasteiger partial charge in [-0.2, -0.15) is 0 Å². The minimum absolute atomic E-state index is 0.0710. The zero-order chi connectivity index (χ0) is 14.7. The number of rotatable bonds is 2. The van der Waals surface area contributed by atoms with Gasteiger partial charge < -0.3 is 10.2 Å². The fourth-order valence-corrected chi connectivity index (χ4v) is 2.46. The topological polar surface area (TPSA) is 49.4 Å². The van der Waals surface area contributed by atoms with Gasteiger partial charge in [-0.05, 0) is 31.4 Å². The maximum absolute atomic E-state index is 13.2. The van der Waals surface area contributed by atoms with Gasteiger partial charge >= 0.3 is 0 Å². The van der Waals surface area contributed by atoms with E-state index in [4.69, 9.17) is 0 Å². The van der Waals surface area contributed by atoms with Crippen molar-refractivity contribution in [2.45, 2.75) is 25.3 Å². The first-order chi connectivity index (χ1) is 9.52. The van der Waals surface area contributed by atoms with Gasteiger partial charge in [-0.25, -0.2) is 8.78 Å². The number of carbonyl (C=O) groups is 2. The van der Waals surface area contributed by atoms with Gasteiger partial charge in [0.05, 0.1) is 0 Å². The van der Waals surface area contributed by atoms with Gasteiger partial charge in [-0.15, -0.1) is 0 Å². The second-order valence-corrected chi connectivity index (χ2v) is 4.78. The summed E-state index contributed by atoms with van der Waals surface area (Å²) in [5.74, 6) is -2.38. The van der Waals surface area contributed by atoms with Crippen LogP contribution in [-0.4, -0.2) is 36.3 Å². The molecule has 0 bridgehead atoms. The predicted octanol–water partition coefficient (Wildman–Crippen LogP) is 1.71. The molecule has 1 fully saturated rings. The number of hydrogen-bond donors (Lipinski definition) is 1. The molecule has 1 unspecified atom stereocenters. The number of nitrogens with one attached hydrogen (secondary N) is 1. The van der Waals surface area contributed by atoms with Crippen molar-refractivity contribution < 1.29 is 18.4 Å². The second kappa shape index (κ2) is 5.98. The zero-order valence-corrected chi connectivity index (χ0v) is 11.2. The number of likely N-dealkylation sites (tertiary alicyclic amines) is 1. The van der Waals surface area contributed by atoms with E-state index in [1.54, 1.807) is 0 Å². The summed E-state index contributed by atoms with van der Waals surface area (Å²) >= 11 is 0. The van der Waals surface area contributed by atoms with Crippen LogP contribution < -0.4 is 5.32 Å². The van der Waals surface area contributed by atoms with Crippen LogP contribution in [-0.2, 0) is 4.79 Å². The first-order valence-electron chi connectivity index (χ1n) is 6.51. The van der Waals surface area contributed by atoms with Crippen LogP contribution in [0.3, 0.4) is 0 Å². The normalized spacial score (nSPS) is 18.8. The van der Waals surface area contributed by atoms with E-state index in [9.17, 15) is 18.4 Å². The highest BCUT2D eigenvalue weighted by Crippen LogP contribution is 2.20. The number of hydrogen-bond acceptors (Lipinski definition) is 2. The Morgan fingerprint density at radius 3 is 2.45 bits per heavy atom. The van der Waals surface area contributed by atoms with Crippen LogP contribution in [0.25, 0.3) is 0 Å². The van der Waals surface area contributed by atoms with E-state index < -0.39 is 23.6 Å². The standard InChI is InChI=1S/C14H16F2N2O2/c1-17-13(19)12-4-2-3-5-18(12)14(20)9-6-10(15)8-11(16)7-9/h6-8,12H,2-5H2,1H3,(H,17,19). The molecule has 2 rings (SSSR count). The number of amides is 2. The first kappa shape index (κ1) is 14.4. The maximum atomic E-state index is 13.2. The van der Waals surface area contributed by atoms with Crippen molar-refractivity contribution >= 4 is 11.8 Å². The molecule has 6 heteroatoms. The summed E-state index contributed by atoms with van der Waals surface area (Å²) in [5, 5.41) is 2.51. The maximum Gasteiger partial charge on any atom is 0.254 e. The summed E-state index contributed by atoms with van der Waals surface area (Å²) in [5.41, 5.74) is -0.0710. The van der Waals surface area contributed by atoms with E-state index in [0.717, 1.165) is 25.0 Å². The van der Waals surface area contributed by atoms with Gasteiger partial charge in [0, 0.05) is 25.2 Å². The monoisotopic (exact) mass is 282 g/mol. The van der Waals surface area contributed by atoms with Crippen LogP contribution in [0.5, 0.6) is 0 Å². The Balaban J connectivity index is 2.27. The van der Waals surface area contributed by atoms with Crippen molar-refractivity contribution in [3.63, 3.8) is 0 Å². The van der Waals surface area contributed by atoms with Gasteiger partial charge in [0.2, 0.25) is 5.91 Å². The Bertz CT molecular complexity index is 514. The molecule has 1 aromatic rings. The van der Waals surface area contributed by atoms with Crippen molar-refractivity contribution in [3.05, 3.63) is 35.4 Å². The van der Waals surface area contributed by atoms with Gasteiger partial charge in [0.15, 0.2) is 0 Å². The van der Waals surface area contributed by atoms with Gasteiger partial charge in [0.25, 0.3) is 5.91 Å². The minimum atomic E-state index is -0.804. The molecule has 0 aromatic heterocycles. The summed E-state index contributed by atoms with van der Waals surface area (Å²) in [4.78, 5) is 25.5. The molecule has 0 spiro atoms. The molecule has 1 aliphatic heterocycles. The summed E-state index contributed by atoms with van der Waals surface area (Å²) in [6.07, 6.45) is 2.18. The smallest absolute Gasteiger partial charge is 0.254 e. The molecule has 4 nitrogen and oxygen atoms in total. The van der Waals surface area contributed by atoms with E-state index in [-0.39, 0.29) is 11.5 Å². The molecule has 0 radical (unpaired) electrons. The lowest BCUT2D eigenvalue weighted by Gasteiger charge is -2.34. The molecule has 0 aliphatic carbocycles. The Morgan fingerprint density at radius 1 is 1.20 bits per heavy atom. The number of nitrogens with zero attached hydrogens (tertiary/aromatic N) is 1. The van der Waals surface area contributed by atoms with Gasteiger partial charge in [0.1, 0.15) is 17.7 Å². The molecule has 1 N–H and O–H groups in total. The number of halogens is 2. The van der Waals surface area contributed by atoms with Crippen LogP contribution in [0.1, 0.15) is 29.6 Å². The van der Waals surface area contributed by atoms with Crippen LogP contribution in [0, 0.1) is 11.6 Å². The average molecular weight is 282 g/mol. The Labute approximate surface area is 115 Å². The fourth-order valence-electron chi connectivity index (χ4n) is 2.46. The molecule has 2 amide bonds. The molecule has 1 heterocycles. The van der Waals surface area contributed by atoms with E-state index in [2.05, 4.69) is 5.32 Å². The predicted molar refractivity (Wildman–Crippen MR) is 69.1 cm³/mol. The summed E-state index contributed by atoms with van der Waals surface area (Å²) in [6.45, 7) is 0.412. The van der Waals surface area contributed by atoms with Gasteiger partial charge in [-0.3, -0.25) is 9.59 Å². The highest BCUT2D eigenvalue weighted by Gasteiger charge is 2.32. The Hall–Kier alpha value is -1.98. The molecular weight excluding hydrogens is 266 g/mol. The summed E-state index contributed by atoms with van der Waals surface area (Å²) < 4.78 is 26.4. The highest BCUT2D eigenvalue weighted by atomic mass is 19.1. The van der Waals surface area contributed by atoms with Crippen LogP contribution >= 0.6 is 0 Å². The third kappa shape index (κ3) is 2.95. The van der Waals surface area contributed by atoms with Crippen LogP contribution in [0.2, 0.25) is 0 Å². The Morgan fingerprint density at radius 2 is 1.85 bits per heavy atom. The highest BCUT2D eigenvalue weighted by molar-refractivity contribution is 5.97. The lowest BCUT2D eigenvalue weighted by atomic mass is 10.00. The van der Waals surface area contributed by atoms with Crippen molar-refractivity contribution in [3.8, 4) is 0 Å². The molecule has 1 saturated heterocycles. The average Bonchev–Trinajstić information content (AvgIpc) is 2.44. The zero-order valence-electron chi connectivity index (χ0n) is 11.2. The van der Waals surface area contributed by atoms with Crippen molar-refractivity contribution in [1.29, 1.82) is 0 Å². The van der Waals surface area contributed by atoms with E-state index >= 15 is 0 Å². The minimum Gasteiger partial charge on any atom is -0.357 e. The lowest BCUT2D eigenvalue weighted by molar-refractivity contribution is -0.126. The lowest BCUT2D eigenvalue weighted by Crippen LogP contribution is -2.51. The molecule has 0 saturated carbocycles. The van der Waals surface area contributed by atoms with E-state index in [1.807, 2.05) is 0 Å². The Kier molecular flexibility index (Phi) is 4.32. The van der Waals surface area contributed by atoms with Crippen molar-refractivity contribution in [2.24, 2.45) is 0 Å². The van der Waals surface area contributed by atoms with Crippen LogP contribution in [0.4, 0.5) is 8.78 Å². The number of benzene rings is 1. The third-order valence-corrected chi connectivity index (χ3v) is 3.42. The SMILES string of the molecule is CNC(=O)C1CCCCN1C(=O)c1cc(F)cc(F)c1.